The van der Waals surface area contributed by atoms with Gasteiger partial charge >= 0.3 is 0 Å². The lowest BCUT2D eigenvalue weighted by Gasteiger charge is -2.10. The first kappa shape index (κ1) is 12.0. The lowest BCUT2D eigenvalue weighted by atomic mass is 10.2. The second-order valence-electron chi connectivity index (χ2n) is 3.57. The fourth-order valence-electron chi connectivity index (χ4n) is 1.53. The Hall–Kier alpha value is -1.48. The van der Waals surface area contributed by atoms with E-state index in [4.69, 9.17) is 9.47 Å². The van der Waals surface area contributed by atoms with Crippen LogP contribution in [-0.2, 0) is 6.61 Å². The van der Waals surface area contributed by atoms with E-state index in [0.717, 1.165) is 21.5 Å². The SMILES string of the molecule is COc1ccccc1OCc1cccc(Br)c1. The lowest BCUT2D eigenvalue weighted by molar-refractivity contribution is 0.284. The van der Waals surface area contributed by atoms with Crippen molar-refractivity contribution in [2.45, 2.75) is 6.61 Å². The predicted octanol–water partition coefficient (Wildman–Crippen LogP) is 4.04. The summed E-state index contributed by atoms with van der Waals surface area (Å²) in [6, 6.07) is 15.7. The Balaban J connectivity index is 2.07. The minimum absolute atomic E-state index is 0.528. The molecule has 0 unspecified atom stereocenters. The summed E-state index contributed by atoms with van der Waals surface area (Å²) in [5, 5.41) is 0. The molecule has 0 aromatic heterocycles. The van der Waals surface area contributed by atoms with Gasteiger partial charge in [0.05, 0.1) is 7.11 Å². The maximum atomic E-state index is 5.72. The lowest BCUT2D eigenvalue weighted by Crippen LogP contribution is -1.97. The van der Waals surface area contributed by atoms with E-state index in [9.17, 15) is 0 Å². The van der Waals surface area contributed by atoms with E-state index in [0.29, 0.717) is 6.61 Å². The summed E-state index contributed by atoms with van der Waals surface area (Å²) in [4.78, 5) is 0. The molecule has 0 radical (unpaired) electrons. The highest BCUT2D eigenvalue weighted by atomic mass is 79.9. The molecule has 3 heteroatoms. The zero-order chi connectivity index (χ0) is 12.1. The van der Waals surface area contributed by atoms with Crippen molar-refractivity contribution in [2.24, 2.45) is 0 Å². The van der Waals surface area contributed by atoms with Crippen molar-refractivity contribution in [1.82, 2.24) is 0 Å². The van der Waals surface area contributed by atoms with Gasteiger partial charge in [0, 0.05) is 4.47 Å². The largest absolute Gasteiger partial charge is 0.493 e. The van der Waals surface area contributed by atoms with Gasteiger partial charge < -0.3 is 9.47 Å². The molecule has 2 aromatic carbocycles. The molecule has 0 heterocycles. The van der Waals surface area contributed by atoms with Gasteiger partial charge in [-0.1, -0.05) is 40.2 Å². The van der Waals surface area contributed by atoms with Crippen LogP contribution in [-0.4, -0.2) is 7.11 Å². The summed E-state index contributed by atoms with van der Waals surface area (Å²) in [6.45, 7) is 0.528. The van der Waals surface area contributed by atoms with Gasteiger partial charge in [0.2, 0.25) is 0 Å². The number of halogens is 1. The number of benzene rings is 2. The van der Waals surface area contributed by atoms with Gasteiger partial charge in [-0.2, -0.15) is 0 Å². The van der Waals surface area contributed by atoms with E-state index in [-0.39, 0.29) is 0 Å². The molecular formula is C14H13BrO2. The summed E-state index contributed by atoms with van der Waals surface area (Å²) in [6.07, 6.45) is 0. The first-order valence-corrected chi connectivity index (χ1v) is 6.09. The predicted molar refractivity (Wildman–Crippen MR) is 71.5 cm³/mol. The summed E-state index contributed by atoms with van der Waals surface area (Å²) in [7, 11) is 1.64. The van der Waals surface area contributed by atoms with Crippen molar-refractivity contribution in [2.75, 3.05) is 7.11 Å². The molecule has 0 atom stereocenters. The fraction of sp³-hybridized carbons (Fsp3) is 0.143. The highest BCUT2D eigenvalue weighted by Crippen LogP contribution is 2.26. The molecule has 0 aliphatic heterocycles. The van der Waals surface area contributed by atoms with Gasteiger partial charge in [0.25, 0.3) is 0 Å². The van der Waals surface area contributed by atoms with Crippen LogP contribution < -0.4 is 9.47 Å². The maximum Gasteiger partial charge on any atom is 0.161 e. The first-order valence-electron chi connectivity index (χ1n) is 5.30. The van der Waals surface area contributed by atoms with Gasteiger partial charge in [-0.3, -0.25) is 0 Å². The van der Waals surface area contributed by atoms with E-state index < -0.39 is 0 Å². The van der Waals surface area contributed by atoms with Crippen LogP contribution in [0.25, 0.3) is 0 Å². The molecule has 2 aromatic rings. The van der Waals surface area contributed by atoms with Crippen LogP contribution in [0.1, 0.15) is 5.56 Å². The summed E-state index contributed by atoms with van der Waals surface area (Å²) in [5.74, 6) is 1.51. The molecule has 88 valence electrons. The number of para-hydroxylation sites is 2. The van der Waals surface area contributed by atoms with Crippen molar-refractivity contribution in [1.29, 1.82) is 0 Å². The minimum Gasteiger partial charge on any atom is -0.493 e. The van der Waals surface area contributed by atoms with E-state index in [1.54, 1.807) is 7.11 Å². The van der Waals surface area contributed by atoms with Gasteiger partial charge in [-0.15, -0.1) is 0 Å². The second-order valence-corrected chi connectivity index (χ2v) is 4.49. The molecule has 0 aliphatic rings. The van der Waals surface area contributed by atoms with E-state index in [1.165, 1.54) is 0 Å². The molecule has 0 saturated heterocycles. The van der Waals surface area contributed by atoms with Crippen molar-refractivity contribution in [3.63, 3.8) is 0 Å². The average molecular weight is 293 g/mol. The summed E-state index contributed by atoms with van der Waals surface area (Å²) < 4.78 is 12.0. The molecule has 0 bridgehead atoms. The van der Waals surface area contributed by atoms with Crippen LogP contribution in [0.3, 0.4) is 0 Å². The van der Waals surface area contributed by atoms with E-state index in [1.807, 2.05) is 48.5 Å². The molecule has 2 nitrogen and oxygen atoms in total. The highest BCUT2D eigenvalue weighted by molar-refractivity contribution is 9.10. The molecule has 0 saturated carbocycles. The first-order chi connectivity index (χ1) is 8.29. The molecular weight excluding hydrogens is 280 g/mol. The third-order valence-corrected chi connectivity index (χ3v) is 2.85. The summed E-state index contributed by atoms with van der Waals surface area (Å²) in [5.41, 5.74) is 1.12. The van der Waals surface area contributed by atoms with Crippen LogP contribution >= 0.6 is 15.9 Å². The highest BCUT2D eigenvalue weighted by Gasteiger charge is 2.02. The zero-order valence-electron chi connectivity index (χ0n) is 9.52. The Morgan fingerprint density at radius 2 is 1.76 bits per heavy atom. The van der Waals surface area contributed by atoms with E-state index in [2.05, 4.69) is 15.9 Å². The number of ether oxygens (including phenoxy) is 2. The number of rotatable bonds is 4. The number of hydrogen-bond donors (Lipinski definition) is 0. The fourth-order valence-corrected chi connectivity index (χ4v) is 1.97. The molecule has 2 rings (SSSR count). The van der Waals surface area contributed by atoms with Crippen molar-refractivity contribution < 1.29 is 9.47 Å². The van der Waals surface area contributed by atoms with Crippen LogP contribution in [0.5, 0.6) is 11.5 Å². The van der Waals surface area contributed by atoms with Crippen molar-refractivity contribution >= 4 is 15.9 Å². The standard InChI is InChI=1S/C14H13BrO2/c1-16-13-7-2-3-8-14(13)17-10-11-5-4-6-12(15)9-11/h2-9H,10H2,1H3. The quantitative estimate of drug-likeness (QED) is 0.847. The molecule has 0 spiro atoms. The molecule has 0 N–H and O–H groups in total. The monoisotopic (exact) mass is 292 g/mol. The Morgan fingerprint density at radius 1 is 1.00 bits per heavy atom. The molecule has 0 amide bonds. The molecule has 0 fully saturated rings. The van der Waals surface area contributed by atoms with Crippen LogP contribution in [0, 0.1) is 0 Å². The van der Waals surface area contributed by atoms with Crippen molar-refractivity contribution in [3.05, 3.63) is 58.6 Å². The van der Waals surface area contributed by atoms with Crippen LogP contribution in [0.2, 0.25) is 0 Å². The second kappa shape index (κ2) is 5.73. The Bertz CT molecular complexity index is 497. The van der Waals surface area contributed by atoms with Gasteiger partial charge in [0.1, 0.15) is 6.61 Å². The third-order valence-electron chi connectivity index (χ3n) is 2.35. The smallest absolute Gasteiger partial charge is 0.161 e. The van der Waals surface area contributed by atoms with Crippen LogP contribution in [0.15, 0.2) is 53.0 Å². The Labute approximate surface area is 109 Å². The Morgan fingerprint density at radius 3 is 2.47 bits per heavy atom. The minimum atomic E-state index is 0.528. The number of hydrogen-bond acceptors (Lipinski definition) is 2. The normalized spacial score (nSPS) is 10.0. The van der Waals surface area contributed by atoms with E-state index >= 15 is 0 Å². The molecule has 0 aliphatic carbocycles. The summed E-state index contributed by atoms with van der Waals surface area (Å²) >= 11 is 3.44. The Kier molecular flexibility index (Phi) is 4.04. The van der Waals surface area contributed by atoms with Gasteiger partial charge in [-0.05, 0) is 29.8 Å². The maximum absolute atomic E-state index is 5.72. The topological polar surface area (TPSA) is 18.5 Å². The van der Waals surface area contributed by atoms with Crippen molar-refractivity contribution in [3.8, 4) is 11.5 Å². The molecule has 17 heavy (non-hydrogen) atoms. The van der Waals surface area contributed by atoms with Gasteiger partial charge in [0.15, 0.2) is 11.5 Å². The third kappa shape index (κ3) is 3.24. The zero-order valence-corrected chi connectivity index (χ0v) is 11.1. The van der Waals surface area contributed by atoms with Crippen LogP contribution in [0.4, 0.5) is 0 Å². The average Bonchev–Trinajstić information content (AvgIpc) is 2.37. The van der Waals surface area contributed by atoms with Gasteiger partial charge in [-0.25, -0.2) is 0 Å². The number of methoxy groups -OCH3 is 1.